The van der Waals surface area contributed by atoms with E-state index in [2.05, 4.69) is 43.0 Å². The summed E-state index contributed by atoms with van der Waals surface area (Å²) in [6, 6.07) is 0.337. The van der Waals surface area contributed by atoms with Crippen LogP contribution in [0, 0.1) is 5.92 Å². The largest absolute Gasteiger partial charge is 0.355 e. The molecule has 1 heterocycles. The number of rotatable bonds is 4. The van der Waals surface area contributed by atoms with Crippen molar-refractivity contribution in [3.63, 3.8) is 0 Å². The van der Waals surface area contributed by atoms with E-state index in [-0.39, 0.29) is 0 Å². The zero-order valence-electron chi connectivity index (χ0n) is 9.43. The molecule has 3 nitrogen and oxygen atoms in total. The van der Waals surface area contributed by atoms with Gasteiger partial charge in [0.2, 0.25) is 0 Å². The minimum absolute atomic E-state index is 0.337. The first-order valence-electron chi connectivity index (χ1n) is 5.37. The molecule has 0 fully saturated rings. The summed E-state index contributed by atoms with van der Waals surface area (Å²) in [7, 11) is 0. The molecule has 2 N–H and O–H groups in total. The van der Waals surface area contributed by atoms with Crippen molar-refractivity contribution in [3.8, 4) is 0 Å². The summed E-state index contributed by atoms with van der Waals surface area (Å²) in [5, 5.41) is 6.62. The number of nitrogens with one attached hydrogen (secondary N) is 2. The van der Waals surface area contributed by atoms with Crippen molar-refractivity contribution in [3.05, 3.63) is 12.2 Å². The monoisotopic (exact) mass is 195 g/mol. The molecular weight excluding hydrogens is 174 g/mol. The lowest BCUT2D eigenvalue weighted by Crippen LogP contribution is -2.44. The zero-order valence-corrected chi connectivity index (χ0v) is 9.43. The highest BCUT2D eigenvalue weighted by molar-refractivity contribution is 5.81. The summed E-state index contributed by atoms with van der Waals surface area (Å²) >= 11 is 0. The molecular formula is C11H21N3. The van der Waals surface area contributed by atoms with E-state index in [9.17, 15) is 0 Å². The minimum atomic E-state index is 0.337. The Morgan fingerprint density at radius 2 is 2.36 bits per heavy atom. The number of nitrogens with zero attached hydrogens (tertiary/aromatic N) is 1. The van der Waals surface area contributed by atoms with Gasteiger partial charge in [0.15, 0.2) is 5.96 Å². The molecule has 1 aliphatic rings. The summed E-state index contributed by atoms with van der Waals surface area (Å²) < 4.78 is 0. The average Bonchev–Trinajstić information content (AvgIpc) is 2.65. The van der Waals surface area contributed by atoms with E-state index in [1.165, 1.54) is 5.57 Å². The molecule has 0 amide bonds. The maximum atomic E-state index is 4.33. The number of aliphatic imine (C=N–C) groups is 1. The van der Waals surface area contributed by atoms with E-state index < -0.39 is 0 Å². The summed E-state index contributed by atoms with van der Waals surface area (Å²) in [5.41, 5.74) is 1.25. The minimum Gasteiger partial charge on any atom is -0.355 e. The van der Waals surface area contributed by atoms with Gasteiger partial charge in [-0.05, 0) is 12.3 Å². The van der Waals surface area contributed by atoms with Gasteiger partial charge in [0.05, 0.1) is 12.6 Å². The van der Waals surface area contributed by atoms with Crippen molar-refractivity contribution in [1.82, 2.24) is 10.6 Å². The molecule has 0 aliphatic carbocycles. The maximum Gasteiger partial charge on any atom is 0.191 e. The lowest BCUT2D eigenvalue weighted by atomic mass is 9.95. The molecule has 80 valence electrons. The Bertz CT molecular complexity index is 231. The van der Waals surface area contributed by atoms with Gasteiger partial charge in [0, 0.05) is 6.54 Å². The van der Waals surface area contributed by atoms with Crippen LogP contribution in [0.1, 0.15) is 27.2 Å². The molecule has 0 aromatic carbocycles. The molecule has 1 atom stereocenters. The predicted molar refractivity (Wildman–Crippen MR) is 61.5 cm³/mol. The molecule has 0 aromatic rings. The van der Waals surface area contributed by atoms with E-state index in [4.69, 9.17) is 0 Å². The van der Waals surface area contributed by atoms with Gasteiger partial charge >= 0.3 is 0 Å². The van der Waals surface area contributed by atoms with Crippen molar-refractivity contribution in [2.45, 2.75) is 33.2 Å². The number of guanidine groups is 1. The summed E-state index contributed by atoms with van der Waals surface area (Å²) in [4.78, 5) is 4.33. The van der Waals surface area contributed by atoms with Crippen LogP contribution in [0.15, 0.2) is 17.1 Å². The molecule has 3 heteroatoms. The van der Waals surface area contributed by atoms with E-state index in [0.717, 1.165) is 25.5 Å². The van der Waals surface area contributed by atoms with E-state index in [1.54, 1.807) is 0 Å². The van der Waals surface area contributed by atoms with Gasteiger partial charge in [0.25, 0.3) is 0 Å². The van der Waals surface area contributed by atoms with Crippen LogP contribution in [0.5, 0.6) is 0 Å². The van der Waals surface area contributed by atoms with Crippen LogP contribution >= 0.6 is 0 Å². The lowest BCUT2D eigenvalue weighted by Gasteiger charge is -2.25. The second-order valence-corrected chi connectivity index (χ2v) is 4.03. The Morgan fingerprint density at radius 3 is 2.79 bits per heavy atom. The van der Waals surface area contributed by atoms with Gasteiger partial charge in [-0.2, -0.15) is 0 Å². The Hall–Kier alpha value is -0.990. The molecule has 1 unspecified atom stereocenters. The quantitative estimate of drug-likeness (QED) is 0.667. The Balaban J connectivity index is 2.54. The third kappa shape index (κ3) is 2.76. The number of hydrogen-bond acceptors (Lipinski definition) is 3. The van der Waals surface area contributed by atoms with Crippen LogP contribution in [0.3, 0.4) is 0 Å². The molecule has 0 saturated heterocycles. The Kier molecular flexibility index (Phi) is 3.98. The van der Waals surface area contributed by atoms with Gasteiger partial charge in [0.1, 0.15) is 0 Å². The van der Waals surface area contributed by atoms with Gasteiger partial charge in [-0.1, -0.05) is 32.9 Å². The van der Waals surface area contributed by atoms with Crippen LogP contribution in [0.4, 0.5) is 0 Å². The Morgan fingerprint density at radius 1 is 1.64 bits per heavy atom. The van der Waals surface area contributed by atoms with E-state index in [1.807, 2.05) is 0 Å². The fraction of sp³-hybridized carbons (Fsp3) is 0.727. The zero-order chi connectivity index (χ0) is 10.6. The van der Waals surface area contributed by atoms with Gasteiger partial charge in [-0.25, -0.2) is 0 Å². The fourth-order valence-corrected chi connectivity index (χ4v) is 1.60. The van der Waals surface area contributed by atoms with Crippen LogP contribution in [0.2, 0.25) is 0 Å². The smallest absolute Gasteiger partial charge is 0.191 e. The highest BCUT2D eigenvalue weighted by Gasteiger charge is 2.18. The standard InChI is InChI=1S/C11H21N3/c1-5-9(4)10(8(2)3)14-11-12-6-7-13-11/h8,10H,4-7H2,1-3H3,(H2,12,13,14). The first-order valence-corrected chi connectivity index (χ1v) is 5.37. The first kappa shape index (κ1) is 11.1. The van der Waals surface area contributed by atoms with Gasteiger partial charge < -0.3 is 10.6 Å². The van der Waals surface area contributed by atoms with Crippen molar-refractivity contribution >= 4 is 5.96 Å². The van der Waals surface area contributed by atoms with E-state index >= 15 is 0 Å². The maximum absolute atomic E-state index is 4.33. The average molecular weight is 195 g/mol. The summed E-state index contributed by atoms with van der Waals surface area (Å²) in [6.45, 7) is 12.5. The van der Waals surface area contributed by atoms with Crippen molar-refractivity contribution in [1.29, 1.82) is 0 Å². The van der Waals surface area contributed by atoms with Crippen LogP contribution in [-0.4, -0.2) is 25.1 Å². The molecule has 1 rings (SSSR count). The number of hydrogen-bond donors (Lipinski definition) is 2. The molecule has 14 heavy (non-hydrogen) atoms. The van der Waals surface area contributed by atoms with Crippen molar-refractivity contribution in [2.75, 3.05) is 13.1 Å². The summed E-state index contributed by atoms with van der Waals surface area (Å²) in [6.07, 6.45) is 1.02. The third-order valence-corrected chi connectivity index (χ3v) is 2.53. The topological polar surface area (TPSA) is 36.4 Å². The fourth-order valence-electron chi connectivity index (χ4n) is 1.60. The third-order valence-electron chi connectivity index (χ3n) is 2.53. The first-order chi connectivity index (χ1) is 6.65. The molecule has 0 radical (unpaired) electrons. The van der Waals surface area contributed by atoms with Crippen molar-refractivity contribution < 1.29 is 0 Å². The SMILES string of the molecule is C=C(CC)C(NC1=NCCN1)C(C)C. The Labute approximate surface area is 86.7 Å². The highest BCUT2D eigenvalue weighted by Crippen LogP contribution is 2.13. The van der Waals surface area contributed by atoms with Crippen LogP contribution in [-0.2, 0) is 0 Å². The molecule has 0 saturated carbocycles. The van der Waals surface area contributed by atoms with Gasteiger partial charge in [-0.3, -0.25) is 4.99 Å². The highest BCUT2D eigenvalue weighted by atomic mass is 15.2. The van der Waals surface area contributed by atoms with Gasteiger partial charge in [-0.15, -0.1) is 0 Å². The normalized spacial score (nSPS) is 17.6. The van der Waals surface area contributed by atoms with Crippen molar-refractivity contribution in [2.24, 2.45) is 10.9 Å². The second-order valence-electron chi connectivity index (χ2n) is 4.03. The predicted octanol–water partition coefficient (Wildman–Crippen LogP) is 1.53. The van der Waals surface area contributed by atoms with Crippen LogP contribution < -0.4 is 10.6 Å². The van der Waals surface area contributed by atoms with Crippen LogP contribution in [0.25, 0.3) is 0 Å². The molecule has 1 aliphatic heterocycles. The second kappa shape index (κ2) is 5.03. The lowest BCUT2D eigenvalue weighted by molar-refractivity contribution is 0.495. The van der Waals surface area contributed by atoms with E-state index in [0.29, 0.717) is 12.0 Å². The molecule has 0 bridgehead atoms. The molecule has 0 spiro atoms. The summed E-state index contributed by atoms with van der Waals surface area (Å²) in [5.74, 6) is 1.48. The molecule has 0 aromatic heterocycles.